The van der Waals surface area contributed by atoms with Gasteiger partial charge in [0, 0.05) is 5.92 Å². The van der Waals surface area contributed by atoms with Crippen LogP contribution in [0.25, 0.3) is 0 Å². The van der Waals surface area contributed by atoms with E-state index >= 15 is 0 Å². The summed E-state index contributed by atoms with van der Waals surface area (Å²) < 4.78 is 5.44. The first-order chi connectivity index (χ1) is 9.40. The number of benzene rings is 1. The fourth-order valence-corrected chi connectivity index (χ4v) is 3.19. The lowest BCUT2D eigenvalue weighted by Gasteiger charge is -2.03. The van der Waals surface area contributed by atoms with Crippen LogP contribution in [0.3, 0.4) is 0 Å². The van der Waals surface area contributed by atoms with Crippen LogP contribution in [0.15, 0.2) is 28.8 Å². The van der Waals surface area contributed by atoms with Crippen molar-refractivity contribution in [1.82, 2.24) is 15.5 Å². The molecule has 0 saturated carbocycles. The molecule has 1 N–H and O–H groups in total. The van der Waals surface area contributed by atoms with Gasteiger partial charge >= 0.3 is 0 Å². The van der Waals surface area contributed by atoms with E-state index < -0.39 is 0 Å². The predicted molar refractivity (Wildman–Crippen MR) is 70.9 cm³/mol. The van der Waals surface area contributed by atoms with Crippen LogP contribution in [0.4, 0.5) is 0 Å². The fraction of sp³-hybridized carbons (Fsp3) is 0.467. The lowest BCUT2D eigenvalue weighted by molar-refractivity contribution is 0.339. The first kappa shape index (κ1) is 11.2. The molecule has 19 heavy (non-hydrogen) atoms. The molecule has 4 nitrogen and oxygen atoms in total. The lowest BCUT2D eigenvalue weighted by atomic mass is 10.1. The monoisotopic (exact) mass is 255 g/mol. The van der Waals surface area contributed by atoms with E-state index in [-0.39, 0.29) is 6.04 Å². The molecule has 4 heteroatoms. The van der Waals surface area contributed by atoms with Gasteiger partial charge in [-0.2, -0.15) is 4.98 Å². The van der Waals surface area contributed by atoms with Crippen molar-refractivity contribution in [2.24, 2.45) is 0 Å². The number of nitrogens with zero attached hydrogens (tertiary/aromatic N) is 2. The molecular weight excluding hydrogens is 238 g/mol. The van der Waals surface area contributed by atoms with E-state index in [4.69, 9.17) is 4.52 Å². The molecule has 98 valence electrons. The molecule has 1 aliphatic heterocycles. The normalized spacial score (nSPS) is 22.8. The Labute approximate surface area is 112 Å². The summed E-state index contributed by atoms with van der Waals surface area (Å²) in [5.74, 6) is 2.03. The summed E-state index contributed by atoms with van der Waals surface area (Å²) in [7, 11) is 0. The van der Waals surface area contributed by atoms with E-state index in [0.717, 1.165) is 37.5 Å². The standard InChI is InChI=1S/C15H17N3O/c1-2-5-11-9-12(8-10(11)4-1)14-17-15(19-18-14)13-6-3-7-16-13/h1-2,4-5,12-13,16H,3,6-9H2/t13-/m0/s1. The maximum Gasteiger partial charge on any atom is 0.243 e. The van der Waals surface area contributed by atoms with Gasteiger partial charge in [-0.25, -0.2) is 0 Å². The zero-order valence-corrected chi connectivity index (χ0v) is 10.8. The average molecular weight is 255 g/mol. The second-order valence-electron chi connectivity index (χ2n) is 5.51. The summed E-state index contributed by atoms with van der Waals surface area (Å²) in [4.78, 5) is 4.62. The highest BCUT2D eigenvalue weighted by molar-refractivity contribution is 5.34. The molecule has 0 amide bonds. The SMILES string of the molecule is c1ccc2c(c1)CC(c1noc([C@@H]3CCCN3)n1)C2. The van der Waals surface area contributed by atoms with E-state index in [1.807, 2.05) is 0 Å². The number of hydrogen-bond donors (Lipinski definition) is 1. The van der Waals surface area contributed by atoms with Gasteiger partial charge < -0.3 is 9.84 Å². The van der Waals surface area contributed by atoms with Crippen LogP contribution in [0.2, 0.25) is 0 Å². The van der Waals surface area contributed by atoms with Crippen molar-refractivity contribution in [2.45, 2.75) is 37.6 Å². The summed E-state index contributed by atoms with van der Waals surface area (Å²) >= 11 is 0. The number of hydrogen-bond acceptors (Lipinski definition) is 4. The van der Waals surface area contributed by atoms with Crippen molar-refractivity contribution in [3.8, 4) is 0 Å². The molecule has 1 aliphatic carbocycles. The molecule has 2 aliphatic rings. The van der Waals surface area contributed by atoms with Crippen molar-refractivity contribution < 1.29 is 4.52 Å². The largest absolute Gasteiger partial charge is 0.338 e. The van der Waals surface area contributed by atoms with Crippen molar-refractivity contribution in [2.75, 3.05) is 6.54 Å². The molecule has 2 aromatic rings. The van der Waals surface area contributed by atoms with Gasteiger partial charge in [0.05, 0.1) is 6.04 Å². The maximum absolute atomic E-state index is 5.44. The van der Waals surface area contributed by atoms with Crippen LogP contribution in [0, 0.1) is 0 Å². The smallest absolute Gasteiger partial charge is 0.243 e. The minimum atomic E-state index is 0.269. The van der Waals surface area contributed by atoms with Gasteiger partial charge in [-0.3, -0.25) is 0 Å². The first-order valence-electron chi connectivity index (χ1n) is 7.04. The number of aromatic nitrogens is 2. The van der Waals surface area contributed by atoms with Crippen LogP contribution >= 0.6 is 0 Å². The van der Waals surface area contributed by atoms with Gasteiger partial charge in [-0.1, -0.05) is 29.4 Å². The predicted octanol–water partition coefficient (Wildman–Crippen LogP) is 2.38. The zero-order chi connectivity index (χ0) is 12.7. The average Bonchev–Trinajstić information content (AvgIpc) is 3.17. The van der Waals surface area contributed by atoms with Crippen LogP contribution in [0.5, 0.6) is 0 Å². The van der Waals surface area contributed by atoms with Gasteiger partial charge in [0.1, 0.15) is 0 Å². The Kier molecular flexibility index (Phi) is 2.62. The topological polar surface area (TPSA) is 51.0 Å². The molecule has 1 fully saturated rings. The summed E-state index contributed by atoms with van der Waals surface area (Å²) in [6.45, 7) is 1.05. The van der Waals surface area contributed by atoms with Crippen molar-refractivity contribution in [3.05, 3.63) is 47.1 Å². The third-order valence-corrected chi connectivity index (χ3v) is 4.23. The van der Waals surface area contributed by atoms with E-state index in [2.05, 4.69) is 39.7 Å². The molecule has 0 bridgehead atoms. The summed E-state index contributed by atoms with van der Waals surface area (Å²) in [6.07, 6.45) is 4.37. The van der Waals surface area contributed by atoms with Crippen LogP contribution in [-0.4, -0.2) is 16.7 Å². The Morgan fingerprint density at radius 3 is 2.63 bits per heavy atom. The van der Waals surface area contributed by atoms with Crippen molar-refractivity contribution in [1.29, 1.82) is 0 Å². The minimum Gasteiger partial charge on any atom is -0.338 e. The summed E-state index contributed by atoms with van der Waals surface area (Å²) in [6, 6.07) is 8.88. The molecule has 1 saturated heterocycles. The zero-order valence-electron chi connectivity index (χ0n) is 10.8. The van der Waals surface area contributed by atoms with Crippen molar-refractivity contribution in [3.63, 3.8) is 0 Å². The number of fused-ring (bicyclic) bond motifs is 1. The van der Waals surface area contributed by atoms with Gasteiger partial charge in [0.25, 0.3) is 0 Å². The maximum atomic E-state index is 5.44. The van der Waals surface area contributed by atoms with Crippen LogP contribution in [0.1, 0.15) is 47.6 Å². The number of nitrogens with one attached hydrogen (secondary N) is 1. The van der Waals surface area contributed by atoms with Gasteiger partial charge in [0.2, 0.25) is 5.89 Å². The summed E-state index contributed by atoms with van der Waals surface area (Å²) in [5.41, 5.74) is 2.86. The highest BCUT2D eigenvalue weighted by Crippen LogP contribution is 2.33. The second kappa shape index (κ2) is 4.46. The Morgan fingerprint density at radius 2 is 1.95 bits per heavy atom. The third kappa shape index (κ3) is 1.96. The Bertz CT molecular complexity index is 562. The van der Waals surface area contributed by atoms with Crippen LogP contribution < -0.4 is 5.32 Å². The first-order valence-corrected chi connectivity index (χ1v) is 7.04. The van der Waals surface area contributed by atoms with Crippen molar-refractivity contribution >= 4 is 0 Å². The summed E-state index contributed by atoms with van der Waals surface area (Å²) in [5, 5.41) is 7.60. The van der Waals surface area contributed by atoms with E-state index in [1.165, 1.54) is 17.5 Å². The molecule has 0 spiro atoms. The van der Waals surface area contributed by atoms with Gasteiger partial charge in [0.15, 0.2) is 5.82 Å². The number of rotatable bonds is 2. The van der Waals surface area contributed by atoms with Gasteiger partial charge in [-0.05, 0) is 43.4 Å². The highest BCUT2D eigenvalue weighted by Gasteiger charge is 2.28. The molecule has 1 aromatic heterocycles. The molecule has 0 unspecified atom stereocenters. The minimum absolute atomic E-state index is 0.269. The Morgan fingerprint density at radius 1 is 1.16 bits per heavy atom. The fourth-order valence-electron chi connectivity index (χ4n) is 3.19. The molecule has 2 heterocycles. The third-order valence-electron chi connectivity index (χ3n) is 4.23. The second-order valence-corrected chi connectivity index (χ2v) is 5.51. The molecule has 4 rings (SSSR count). The molecular formula is C15H17N3O. The molecule has 1 aromatic carbocycles. The van der Waals surface area contributed by atoms with Gasteiger partial charge in [-0.15, -0.1) is 0 Å². The quantitative estimate of drug-likeness (QED) is 0.895. The van der Waals surface area contributed by atoms with E-state index in [0.29, 0.717) is 5.92 Å². The van der Waals surface area contributed by atoms with E-state index in [1.54, 1.807) is 0 Å². The van der Waals surface area contributed by atoms with Crippen LogP contribution in [-0.2, 0) is 12.8 Å². The Hall–Kier alpha value is -1.68. The lowest BCUT2D eigenvalue weighted by Crippen LogP contribution is -2.13. The van der Waals surface area contributed by atoms with E-state index in [9.17, 15) is 0 Å². The Balaban J connectivity index is 1.55. The molecule has 0 radical (unpaired) electrons. The highest BCUT2D eigenvalue weighted by atomic mass is 16.5. The molecule has 1 atom stereocenters.